The Balaban J connectivity index is 3.20. The lowest BCUT2D eigenvalue weighted by Gasteiger charge is -2.10. The van der Waals surface area contributed by atoms with E-state index in [1.807, 2.05) is 0 Å². The van der Waals surface area contributed by atoms with Crippen molar-refractivity contribution in [3.8, 4) is 0 Å². The topological polar surface area (TPSA) is 93.8 Å². The first-order chi connectivity index (χ1) is 6.76. The molecule has 0 aliphatic heterocycles. The van der Waals surface area contributed by atoms with Gasteiger partial charge in [0.1, 0.15) is 0 Å². The van der Waals surface area contributed by atoms with Gasteiger partial charge >= 0.3 is 0 Å². The number of hydrogen-bond acceptors (Lipinski definition) is 5. The number of aliphatic hydroxyl groups is 4. The van der Waals surface area contributed by atoms with E-state index >= 15 is 0 Å². The molecule has 0 bridgehead atoms. The first-order valence-electron chi connectivity index (χ1n) is 4.20. The number of aromatic nitrogens is 1. The number of pyridine rings is 1. The molecule has 0 saturated heterocycles. The molecule has 0 aliphatic rings. The largest absolute Gasteiger partial charge is 0.392 e. The number of hydrogen-bond donors (Lipinski definition) is 4. The molecule has 1 aromatic heterocycles. The van der Waals surface area contributed by atoms with Crippen molar-refractivity contribution in [2.75, 3.05) is 0 Å². The Morgan fingerprint density at radius 2 is 1.21 bits per heavy atom. The Kier molecular flexibility index (Phi) is 3.97. The van der Waals surface area contributed by atoms with Gasteiger partial charge in [0.15, 0.2) is 0 Å². The van der Waals surface area contributed by atoms with Gasteiger partial charge in [0.25, 0.3) is 0 Å². The van der Waals surface area contributed by atoms with Crippen LogP contribution in [0.3, 0.4) is 0 Å². The second-order valence-corrected chi connectivity index (χ2v) is 2.83. The van der Waals surface area contributed by atoms with Crippen molar-refractivity contribution in [1.82, 2.24) is 4.98 Å². The number of rotatable bonds is 4. The summed E-state index contributed by atoms with van der Waals surface area (Å²) in [7, 11) is 0. The molecular weight excluding hydrogens is 186 g/mol. The van der Waals surface area contributed by atoms with Crippen LogP contribution < -0.4 is 0 Å². The molecule has 4 N–H and O–H groups in total. The van der Waals surface area contributed by atoms with E-state index in [1.54, 1.807) is 0 Å². The van der Waals surface area contributed by atoms with Crippen LogP contribution in [-0.2, 0) is 26.4 Å². The van der Waals surface area contributed by atoms with Gasteiger partial charge in [-0.15, -0.1) is 0 Å². The minimum Gasteiger partial charge on any atom is -0.392 e. The highest BCUT2D eigenvalue weighted by Crippen LogP contribution is 2.14. The molecule has 5 heteroatoms. The zero-order valence-corrected chi connectivity index (χ0v) is 7.64. The number of nitrogens with zero attached hydrogens (tertiary/aromatic N) is 1. The maximum atomic E-state index is 8.94. The fraction of sp³-hybridized carbons (Fsp3) is 0.444. The molecule has 0 atom stereocenters. The summed E-state index contributed by atoms with van der Waals surface area (Å²) < 4.78 is 0. The zero-order chi connectivity index (χ0) is 10.6. The highest BCUT2D eigenvalue weighted by molar-refractivity contribution is 5.29. The van der Waals surface area contributed by atoms with Crippen LogP contribution in [0, 0.1) is 0 Å². The van der Waals surface area contributed by atoms with Crippen molar-refractivity contribution in [3.05, 3.63) is 28.6 Å². The SMILES string of the molecule is OCc1cc(CO)c(CO)nc1CO. The molecule has 0 saturated carbocycles. The monoisotopic (exact) mass is 199 g/mol. The maximum Gasteiger partial charge on any atom is 0.0856 e. The summed E-state index contributed by atoms with van der Waals surface area (Å²) in [6.45, 7) is -1.09. The van der Waals surface area contributed by atoms with Gasteiger partial charge in [-0.1, -0.05) is 0 Å². The molecule has 1 rings (SSSR count). The molecule has 0 fully saturated rings. The van der Waals surface area contributed by atoms with E-state index in [9.17, 15) is 0 Å². The fourth-order valence-corrected chi connectivity index (χ4v) is 1.23. The lowest BCUT2D eigenvalue weighted by molar-refractivity contribution is 0.242. The third kappa shape index (κ3) is 2.08. The van der Waals surface area contributed by atoms with E-state index in [2.05, 4.69) is 4.98 Å². The molecule has 1 aromatic rings. The van der Waals surface area contributed by atoms with E-state index in [0.29, 0.717) is 22.5 Å². The first kappa shape index (κ1) is 11.1. The molecule has 0 radical (unpaired) electrons. The van der Waals surface area contributed by atoms with Crippen LogP contribution in [0.15, 0.2) is 6.07 Å². The fourth-order valence-electron chi connectivity index (χ4n) is 1.23. The van der Waals surface area contributed by atoms with E-state index in [0.717, 1.165) is 0 Å². The Morgan fingerprint density at radius 3 is 1.50 bits per heavy atom. The minimum absolute atomic E-state index is 0.248. The predicted octanol–water partition coefficient (Wildman–Crippen LogP) is -0.949. The Labute approximate surface area is 81.3 Å². The predicted molar refractivity (Wildman–Crippen MR) is 47.9 cm³/mol. The Morgan fingerprint density at radius 1 is 0.786 bits per heavy atom. The second-order valence-electron chi connectivity index (χ2n) is 2.83. The second kappa shape index (κ2) is 5.02. The summed E-state index contributed by atoms with van der Waals surface area (Å²) in [6, 6.07) is 1.53. The van der Waals surface area contributed by atoms with Gasteiger partial charge in [-0.2, -0.15) is 0 Å². The van der Waals surface area contributed by atoms with E-state index in [4.69, 9.17) is 20.4 Å². The lowest BCUT2D eigenvalue weighted by Crippen LogP contribution is -2.06. The van der Waals surface area contributed by atoms with Crippen molar-refractivity contribution < 1.29 is 20.4 Å². The molecule has 78 valence electrons. The van der Waals surface area contributed by atoms with Crippen molar-refractivity contribution in [3.63, 3.8) is 0 Å². The molecule has 0 unspecified atom stereocenters. The summed E-state index contributed by atoms with van der Waals surface area (Å²) in [5.74, 6) is 0. The summed E-state index contributed by atoms with van der Waals surface area (Å²) in [6.07, 6.45) is 0. The standard InChI is InChI=1S/C9H13NO4/c11-2-6-1-7(3-12)9(5-14)10-8(6)4-13/h1,11-14H,2-5H2. The average molecular weight is 199 g/mol. The molecule has 0 spiro atoms. The van der Waals surface area contributed by atoms with Gasteiger partial charge in [-0.05, 0) is 6.07 Å². The smallest absolute Gasteiger partial charge is 0.0856 e. The van der Waals surface area contributed by atoms with Gasteiger partial charge < -0.3 is 20.4 Å². The van der Waals surface area contributed by atoms with Gasteiger partial charge in [-0.25, -0.2) is 0 Å². The third-order valence-corrected chi connectivity index (χ3v) is 2.00. The lowest BCUT2D eigenvalue weighted by atomic mass is 10.1. The normalized spacial score (nSPS) is 10.6. The highest BCUT2D eigenvalue weighted by Gasteiger charge is 2.09. The van der Waals surface area contributed by atoms with Crippen LogP contribution in [0.5, 0.6) is 0 Å². The van der Waals surface area contributed by atoms with Gasteiger partial charge in [0, 0.05) is 11.1 Å². The molecule has 5 nitrogen and oxygen atoms in total. The van der Waals surface area contributed by atoms with Crippen molar-refractivity contribution >= 4 is 0 Å². The summed E-state index contributed by atoms with van der Waals surface area (Å²) in [5, 5.41) is 35.7. The van der Waals surface area contributed by atoms with Crippen molar-refractivity contribution in [2.45, 2.75) is 26.4 Å². The quantitative estimate of drug-likeness (QED) is 0.501. The molecule has 0 aliphatic carbocycles. The maximum absolute atomic E-state index is 8.94. The Hall–Kier alpha value is -1.01. The van der Waals surface area contributed by atoms with Gasteiger partial charge in [0.05, 0.1) is 37.8 Å². The van der Waals surface area contributed by atoms with Crippen LogP contribution in [0.4, 0.5) is 0 Å². The molecule has 0 amide bonds. The first-order valence-corrected chi connectivity index (χ1v) is 4.20. The van der Waals surface area contributed by atoms with Gasteiger partial charge in [-0.3, -0.25) is 4.98 Å². The molecule has 14 heavy (non-hydrogen) atoms. The average Bonchev–Trinajstić information content (AvgIpc) is 2.26. The van der Waals surface area contributed by atoms with E-state index in [1.165, 1.54) is 6.07 Å². The summed E-state index contributed by atoms with van der Waals surface area (Å²) in [4.78, 5) is 3.93. The Bertz CT molecular complexity index is 256. The molecule has 0 aromatic carbocycles. The van der Waals surface area contributed by atoms with E-state index in [-0.39, 0.29) is 26.4 Å². The van der Waals surface area contributed by atoms with Crippen LogP contribution in [-0.4, -0.2) is 25.4 Å². The van der Waals surface area contributed by atoms with E-state index < -0.39 is 0 Å². The van der Waals surface area contributed by atoms with Crippen LogP contribution in [0.25, 0.3) is 0 Å². The molecular formula is C9H13NO4. The highest BCUT2D eigenvalue weighted by atomic mass is 16.3. The van der Waals surface area contributed by atoms with Crippen LogP contribution in [0.1, 0.15) is 22.5 Å². The van der Waals surface area contributed by atoms with Crippen molar-refractivity contribution in [1.29, 1.82) is 0 Å². The van der Waals surface area contributed by atoms with Crippen molar-refractivity contribution in [2.24, 2.45) is 0 Å². The molecule has 1 heterocycles. The zero-order valence-electron chi connectivity index (χ0n) is 7.64. The van der Waals surface area contributed by atoms with Crippen LogP contribution in [0.2, 0.25) is 0 Å². The van der Waals surface area contributed by atoms with Crippen LogP contribution >= 0.6 is 0 Å². The summed E-state index contributed by atoms with van der Waals surface area (Å²) >= 11 is 0. The number of aliphatic hydroxyl groups excluding tert-OH is 4. The minimum atomic E-state index is -0.297. The third-order valence-electron chi connectivity index (χ3n) is 2.00. The van der Waals surface area contributed by atoms with Gasteiger partial charge in [0.2, 0.25) is 0 Å². The summed E-state index contributed by atoms with van der Waals surface area (Å²) in [5.41, 5.74) is 1.59.